The van der Waals surface area contributed by atoms with Crippen LogP contribution in [0.3, 0.4) is 0 Å². The molecule has 3 aromatic rings. The molecule has 2 aromatic carbocycles. The summed E-state index contributed by atoms with van der Waals surface area (Å²) in [6.45, 7) is 10.2. The second-order valence-corrected chi connectivity index (χ2v) is 10.4. The van der Waals surface area contributed by atoms with Crippen molar-refractivity contribution in [2.45, 2.75) is 61.1 Å². The minimum absolute atomic E-state index is 0. The van der Waals surface area contributed by atoms with Gasteiger partial charge in [-0.15, -0.1) is 0 Å². The summed E-state index contributed by atoms with van der Waals surface area (Å²) in [5, 5.41) is 10.7. The van der Waals surface area contributed by atoms with E-state index in [4.69, 9.17) is 4.52 Å². The van der Waals surface area contributed by atoms with Crippen LogP contribution >= 0.6 is 0 Å². The van der Waals surface area contributed by atoms with E-state index in [0.717, 1.165) is 29.7 Å². The van der Waals surface area contributed by atoms with Crippen molar-refractivity contribution in [1.82, 2.24) is 25.5 Å². The lowest BCUT2D eigenvalue weighted by Gasteiger charge is -2.32. The first-order chi connectivity index (χ1) is 18.2. The zero-order valence-electron chi connectivity index (χ0n) is 23.0. The summed E-state index contributed by atoms with van der Waals surface area (Å²) in [5.41, 5.74) is 5.01. The molecule has 1 aromatic heterocycles. The standard InChI is InChI=1S/C29H38N6O3.CH4/c1-20(2)9-8-14-30-27(36)18-34(26-13-12-23(15-21(26)3)29-31-22(4)38-32-29)19-28(37)33(5)35-16-24-10-6-7-11-25(24)17-35;/h6-7,10-13,15,20H,8-9,14,16-19H2,1-5H3,(H,30,36);1H4. The Morgan fingerprint density at radius 1 is 1.08 bits per heavy atom. The van der Waals surface area contributed by atoms with Gasteiger partial charge in [-0.25, -0.2) is 5.01 Å². The van der Waals surface area contributed by atoms with E-state index < -0.39 is 0 Å². The van der Waals surface area contributed by atoms with E-state index in [1.807, 2.05) is 47.2 Å². The Balaban J connectivity index is 0.00000420. The van der Waals surface area contributed by atoms with E-state index in [0.29, 0.717) is 37.3 Å². The molecule has 0 saturated carbocycles. The Kier molecular flexibility index (Phi) is 10.2. The number of likely N-dealkylation sites (N-methyl/N-ethyl adjacent to an activating group) is 1. The number of carbonyl (C=O) groups is 2. The van der Waals surface area contributed by atoms with Crippen LogP contribution in [0, 0.1) is 19.8 Å². The molecule has 0 aliphatic carbocycles. The van der Waals surface area contributed by atoms with Gasteiger partial charge in [0, 0.05) is 44.9 Å². The van der Waals surface area contributed by atoms with Gasteiger partial charge in [0.2, 0.25) is 17.6 Å². The van der Waals surface area contributed by atoms with Crippen molar-refractivity contribution < 1.29 is 14.1 Å². The highest BCUT2D eigenvalue weighted by Crippen LogP contribution is 2.27. The highest BCUT2D eigenvalue weighted by atomic mass is 16.5. The molecule has 0 fully saturated rings. The minimum Gasteiger partial charge on any atom is -0.355 e. The topological polar surface area (TPSA) is 94.8 Å². The first kappa shape index (κ1) is 29.8. The molecule has 1 aliphatic heterocycles. The van der Waals surface area contributed by atoms with Crippen molar-refractivity contribution >= 4 is 17.5 Å². The van der Waals surface area contributed by atoms with Crippen molar-refractivity contribution in [2.75, 3.05) is 31.6 Å². The molecule has 9 heteroatoms. The molecule has 0 unspecified atom stereocenters. The normalized spacial score (nSPS) is 12.7. The second-order valence-electron chi connectivity index (χ2n) is 10.4. The second kappa shape index (κ2) is 13.4. The third-order valence-electron chi connectivity index (χ3n) is 6.87. The molecule has 0 bridgehead atoms. The number of fused-ring (bicyclic) bond motifs is 1. The van der Waals surface area contributed by atoms with Gasteiger partial charge in [-0.1, -0.05) is 50.7 Å². The number of hydrogen-bond donors (Lipinski definition) is 1. The number of hydrazine groups is 1. The zero-order valence-corrected chi connectivity index (χ0v) is 23.0. The third kappa shape index (κ3) is 7.66. The maximum absolute atomic E-state index is 13.5. The number of nitrogens with one attached hydrogen (secondary N) is 1. The molecular weight excluding hydrogens is 492 g/mol. The van der Waals surface area contributed by atoms with Crippen LogP contribution in [-0.4, -0.2) is 58.7 Å². The van der Waals surface area contributed by atoms with Crippen LogP contribution in [-0.2, 0) is 22.7 Å². The zero-order chi connectivity index (χ0) is 27.2. The number of carbonyl (C=O) groups excluding carboxylic acids is 2. The van der Waals surface area contributed by atoms with Gasteiger partial charge >= 0.3 is 0 Å². The van der Waals surface area contributed by atoms with E-state index in [-0.39, 0.29) is 32.3 Å². The smallest absolute Gasteiger partial charge is 0.256 e. The van der Waals surface area contributed by atoms with Crippen LogP contribution in [0.1, 0.15) is 56.7 Å². The van der Waals surface area contributed by atoms with Crippen molar-refractivity contribution in [1.29, 1.82) is 0 Å². The van der Waals surface area contributed by atoms with Crippen molar-refractivity contribution in [3.05, 3.63) is 65.0 Å². The van der Waals surface area contributed by atoms with Gasteiger partial charge in [0.05, 0.1) is 13.1 Å². The quantitative estimate of drug-likeness (QED) is 0.355. The molecule has 9 nitrogen and oxygen atoms in total. The van der Waals surface area contributed by atoms with Gasteiger partial charge in [-0.05, 0) is 60.6 Å². The van der Waals surface area contributed by atoms with Crippen molar-refractivity contribution in [2.24, 2.45) is 5.92 Å². The van der Waals surface area contributed by atoms with Crippen LogP contribution in [0.5, 0.6) is 0 Å². The van der Waals surface area contributed by atoms with Crippen LogP contribution in [0.4, 0.5) is 5.69 Å². The highest BCUT2D eigenvalue weighted by Gasteiger charge is 2.27. The lowest BCUT2D eigenvalue weighted by atomic mass is 10.1. The maximum atomic E-state index is 13.5. The molecule has 0 atom stereocenters. The number of aryl methyl sites for hydroxylation is 2. The molecule has 2 heterocycles. The average Bonchev–Trinajstić information content (AvgIpc) is 3.52. The predicted octanol–water partition coefficient (Wildman–Crippen LogP) is 4.74. The Morgan fingerprint density at radius 2 is 1.77 bits per heavy atom. The molecular formula is C30H42N6O3. The van der Waals surface area contributed by atoms with Gasteiger partial charge in [-0.3, -0.25) is 14.6 Å². The van der Waals surface area contributed by atoms with Crippen molar-refractivity contribution in [3.8, 4) is 11.4 Å². The fourth-order valence-electron chi connectivity index (χ4n) is 4.71. The summed E-state index contributed by atoms with van der Waals surface area (Å²) in [5.74, 6) is 1.42. The molecule has 1 aliphatic rings. The first-order valence-corrected chi connectivity index (χ1v) is 13.2. The Bertz CT molecular complexity index is 1250. The Hall–Kier alpha value is -3.72. The van der Waals surface area contributed by atoms with Gasteiger partial charge in [0.25, 0.3) is 5.91 Å². The molecule has 4 rings (SSSR count). The lowest BCUT2D eigenvalue weighted by Crippen LogP contribution is -2.48. The summed E-state index contributed by atoms with van der Waals surface area (Å²) in [7, 11) is 1.80. The molecule has 1 N–H and O–H groups in total. The number of nitrogens with zero attached hydrogens (tertiary/aromatic N) is 5. The number of aromatic nitrogens is 2. The number of amides is 2. The van der Waals surface area contributed by atoms with Crippen LogP contribution < -0.4 is 10.2 Å². The molecule has 0 radical (unpaired) electrons. The van der Waals surface area contributed by atoms with E-state index in [1.54, 1.807) is 19.0 Å². The van der Waals surface area contributed by atoms with Gasteiger partial charge in [0.15, 0.2) is 0 Å². The maximum Gasteiger partial charge on any atom is 0.256 e. The largest absolute Gasteiger partial charge is 0.355 e. The summed E-state index contributed by atoms with van der Waals surface area (Å²) >= 11 is 0. The van der Waals surface area contributed by atoms with Gasteiger partial charge < -0.3 is 14.7 Å². The monoisotopic (exact) mass is 534 g/mol. The fourth-order valence-corrected chi connectivity index (χ4v) is 4.71. The average molecular weight is 535 g/mol. The molecule has 0 spiro atoms. The molecule has 0 saturated heterocycles. The predicted molar refractivity (Wildman–Crippen MR) is 154 cm³/mol. The Labute approximate surface area is 232 Å². The summed E-state index contributed by atoms with van der Waals surface area (Å²) in [6.07, 6.45) is 1.99. The molecule has 2 amide bonds. The van der Waals surface area contributed by atoms with Crippen molar-refractivity contribution in [3.63, 3.8) is 0 Å². The highest BCUT2D eigenvalue weighted by molar-refractivity contribution is 5.87. The number of rotatable bonds is 11. The van der Waals surface area contributed by atoms with Crippen LogP contribution in [0.15, 0.2) is 47.0 Å². The molecule has 39 heavy (non-hydrogen) atoms. The summed E-state index contributed by atoms with van der Waals surface area (Å²) in [4.78, 5) is 32.5. The van der Waals surface area contributed by atoms with E-state index in [2.05, 4.69) is 41.4 Å². The van der Waals surface area contributed by atoms with E-state index in [9.17, 15) is 9.59 Å². The third-order valence-corrected chi connectivity index (χ3v) is 6.87. The van der Waals surface area contributed by atoms with Gasteiger partial charge in [-0.2, -0.15) is 4.98 Å². The minimum atomic E-state index is -0.102. The summed E-state index contributed by atoms with van der Waals surface area (Å²) < 4.78 is 5.12. The first-order valence-electron chi connectivity index (χ1n) is 13.2. The van der Waals surface area contributed by atoms with Crippen LogP contribution in [0.2, 0.25) is 0 Å². The number of hydrogen-bond acceptors (Lipinski definition) is 7. The summed E-state index contributed by atoms with van der Waals surface area (Å²) in [6, 6.07) is 14.0. The molecule has 210 valence electrons. The number of benzene rings is 2. The Morgan fingerprint density at radius 3 is 2.36 bits per heavy atom. The van der Waals surface area contributed by atoms with Crippen LogP contribution in [0.25, 0.3) is 11.4 Å². The van der Waals surface area contributed by atoms with E-state index >= 15 is 0 Å². The number of anilines is 1. The SMILES string of the molecule is C.Cc1nc(-c2ccc(N(CC(=O)NCCCC(C)C)CC(=O)N(C)N3Cc4ccccc4C3)c(C)c2)no1. The lowest BCUT2D eigenvalue weighted by molar-refractivity contribution is -0.145. The van der Waals surface area contributed by atoms with Gasteiger partial charge in [0.1, 0.15) is 0 Å². The van der Waals surface area contributed by atoms with E-state index in [1.165, 1.54) is 11.1 Å². The fraction of sp³-hybridized carbons (Fsp3) is 0.467.